The number of hydrogen-bond acceptors (Lipinski definition) is 0. The molecule has 1 heterocycles. The molecule has 0 fully saturated rings. The molecule has 0 bridgehead atoms. The maximum absolute atomic E-state index is 2.28. The van der Waals surface area contributed by atoms with Gasteiger partial charge in [-0.05, 0) is 0 Å². The van der Waals surface area contributed by atoms with Gasteiger partial charge < -0.3 is 0 Å². The van der Waals surface area contributed by atoms with Crippen molar-refractivity contribution >= 4 is 33.8 Å². The van der Waals surface area contributed by atoms with Gasteiger partial charge in [-0.3, -0.25) is 0 Å². The van der Waals surface area contributed by atoms with E-state index in [-0.39, 0.29) is 0 Å². The van der Waals surface area contributed by atoms with Gasteiger partial charge in [-0.25, -0.2) is 0 Å². The Hall–Kier alpha value is -2.60. The summed E-state index contributed by atoms with van der Waals surface area (Å²) in [5, 5.41) is 2.82. The molecule has 0 aliphatic carbocycles. The molecule has 4 aromatic carbocycles. The van der Waals surface area contributed by atoms with Gasteiger partial charge in [0.1, 0.15) is 0 Å². The Balaban J connectivity index is 1.85. The monoisotopic (exact) mass is 384 g/mol. The van der Waals surface area contributed by atoms with Crippen molar-refractivity contribution in [2.45, 2.75) is 0 Å². The van der Waals surface area contributed by atoms with Crippen molar-refractivity contribution in [2.75, 3.05) is 0 Å². The summed E-state index contributed by atoms with van der Waals surface area (Å²) in [6, 6.07) is 35.0. The Morgan fingerprint density at radius 1 is 0.400 bits per heavy atom. The predicted octanol–water partition coefficient (Wildman–Crippen LogP) is 6.38. The van der Waals surface area contributed by atoms with E-state index in [2.05, 4.69) is 97.1 Å². The molecular formula is C24H16Se. The molecule has 0 saturated heterocycles. The molecule has 0 amide bonds. The van der Waals surface area contributed by atoms with Crippen LogP contribution in [0.3, 0.4) is 0 Å². The van der Waals surface area contributed by atoms with Crippen molar-refractivity contribution in [1.29, 1.82) is 0 Å². The fraction of sp³-hybridized carbons (Fsp3) is 0. The standard InChI is InChI=1S/C24H16Se/c1-3-9-17(10-4-1)19-13-7-15-21-22-16-8-14-20(24(22)25-23(19)21)18-11-5-2-6-12-18/h1-16H. The zero-order valence-electron chi connectivity index (χ0n) is 13.6. The van der Waals surface area contributed by atoms with E-state index in [4.69, 9.17) is 0 Å². The second-order valence-electron chi connectivity index (χ2n) is 6.20. The van der Waals surface area contributed by atoms with Gasteiger partial charge in [-0.1, -0.05) is 0 Å². The molecule has 1 aromatic heterocycles. The summed E-state index contributed by atoms with van der Waals surface area (Å²) in [7, 11) is 0. The molecule has 0 saturated carbocycles. The number of hydrogen-bond donors (Lipinski definition) is 0. The first-order valence-electron chi connectivity index (χ1n) is 8.47. The minimum absolute atomic E-state index is 0.323. The van der Waals surface area contributed by atoms with E-state index in [9.17, 15) is 0 Å². The zero-order valence-corrected chi connectivity index (χ0v) is 15.4. The molecule has 0 aliphatic heterocycles. The van der Waals surface area contributed by atoms with Crippen molar-refractivity contribution in [1.82, 2.24) is 0 Å². The third-order valence-electron chi connectivity index (χ3n) is 4.69. The SMILES string of the molecule is c1ccc(-c2cccc3c2[se]c2c(-c4ccccc4)cccc23)cc1. The quantitative estimate of drug-likeness (QED) is 0.310. The van der Waals surface area contributed by atoms with Crippen molar-refractivity contribution in [3.05, 3.63) is 97.1 Å². The van der Waals surface area contributed by atoms with Gasteiger partial charge in [0.05, 0.1) is 0 Å². The van der Waals surface area contributed by atoms with Crippen molar-refractivity contribution in [2.24, 2.45) is 0 Å². The van der Waals surface area contributed by atoms with Crippen LogP contribution < -0.4 is 0 Å². The zero-order chi connectivity index (χ0) is 16.6. The normalized spacial score (nSPS) is 11.2. The van der Waals surface area contributed by atoms with Crippen LogP contribution in [-0.4, -0.2) is 14.5 Å². The Bertz CT molecular complexity index is 1070. The topological polar surface area (TPSA) is 0 Å². The summed E-state index contributed by atoms with van der Waals surface area (Å²) in [4.78, 5) is 0. The van der Waals surface area contributed by atoms with Crippen molar-refractivity contribution in [3.63, 3.8) is 0 Å². The molecular weight excluding hydrogens is 367 g/mol. The Labute approximate surface area is 153 Å². The molecule has 1 heteroatoms. The van der Waals surface area contributed by atoms with Crippen LogP contribution in [0.1, 0.15) is 0 Å². The van der Waals surface area contributed by atoms with Crippen LogP contribution in [0.4, 0.5) is 0 Å². The second-order valence-corrected chi connectivity index (χ2v) is 8.34. The molecule has 0 aliphatic rings. The number of rotatable bonds is 2. The average Bonchev–Trinajstić information content (AvgIpc) is 3.08. The van der Waals surface area contributed by atoms with Gasteiger partial charge in [0.15, 0.2) is 0 Å². The summed E-state index contributed by atoms with van der Waals surface area (Å²) in [5.74, 6) is 0. The summed E-state index contributed by atoms with van der Waals surface area (Å²) in [5.41, 5.74) is 5.40. The fourth-order valence-electron chi connectivity index (χ4n) is 3.51. The molecule has 0 atom stereocenters. The molecule has 5 aromatic rings. The molecule has 0 nitrogen and oxygen atoms in total. The first kappa shape index (κ1) is 14.7. The van der Waals surface area contributed by atoms with E-state index in [0.717, 1.165) is 0 Å². The molecule has 0 unspecified atom stereocenters. The summed E-state index contributed by atoms with van der Waals surface area (Å²) in [6.07, 6.45) is 0. The van der Waals surface area contributed by atoms with E-state index in [0.29, 0.717) is 14.5 Å². The third-order valence-corrected chi connectivity index (χ3v) is 7.40. The van der Waals surface area contributed by atoms with Crippen LogP contribution in [0, 0.1) is 0 Å². The van der Waals surface area contributed by atoms with Crippen LogP contribution in [0.25, 0.3) is 41.5 Å². The Morgan fingerprint density at radius 2 is 0.840 bits per heavy atom. The van der Waals surface area contributed by atoms with Gasteiger partial charge in [0.2, 0.25) is 0 Å². The van der Waals surface area contributed by atoms with Crippen LogP contribution in [0.5, 0.6) is 0 Å². The molecule has 5 rings (SSSR count). The van der Waals surface area contributed by atoms with E-state index >= 15 is 0 Å². The Morgan fingerprint density at radius 3 is 1.28 bits per heavy atom. The van der Waals surface area contributed by atoms with Crippen LogP contribution in [0.15, 0.2) is 97.1 Å². The Kier molecular flexibility index (Phi) is 3.56. The summed E-state index contributed by atoms with van der Waals surface area (Å²) in [6.45, 7) is 0. The van der Waals surface area contributed by atoms with Gasteiger partial charge in [-0.15, -0.1) is 0 Å². The van der Waals surface area contributed by atoms with Gasteiger partial charge in [-0.2, -0.15) is 0 Å². The van der Waals surface area contributed by atoms with Crippen LogP contribution in [0.2, 0.25) is 0 Å². The van der Waals surface area contributed by atoms with E-state index in [1.54, 1.807) is 0 Å². The molecule has 25 heavy (non-hydrogen) atoms. The first-order valence-corrected chi connectivity index (χ1v) is 10.2. The van der Waals surface area contributed by atoms with Crippen molar-refractivity contribution in [3.8, 4) is 22.3 Å². The third kappa shape index (κ3) is 2.44. The molecule has 0 spiro atoms. The van der Waals surface area contributed by atoms with Gasteiger partial charge in [0.25, 0.3) is 0 Å². The van der Waals surface area contributed by atoms with Gasteiger partial charge >= 0.3 is 153 Å². The van der Waals surface area contributed by atoms with E-state index in [1.807, 2.05) is 0 Å². The van der Waals surface area contributed by atoms with Gasteiger partial charge in [0, 0.05) is 0 Å². The van der Waals surface area contributed by atoms with Crippen LogP contribution in [-0.2, 0) is 0 Å². The molecule has 0 radical (unpaired) electrons. The first-order chi connectivity index (χ1) is 12.4. The van der Waals surface area contributed by atoms with E-state index < -0.39 is 0 Å². The fourth-order valence-corrected chi connectivity index (χ4v) is 6.39. The average molecular weight is 383 g/mol. The summed E-state index contributed by atoms with van der Waals surface area (Å²) >= 11 is 0.323. The molecule has 0 N–H and O–H groups in total. The minimum atomic E-state index is 0.323. The van der Waals surface area contributed by atoms with E-state index in [1.165, 1.54) is 41.5 Å². The predicted molar refractivity (Wildman–Crippen MR) is 109 cm³/mol. The van der Waals surface area contributed by atoms with Crippen LogP contribution >= 0.6 is 0 Å². The van der Waals surface area contributed by atoms with Crippen molar-refractivity contribution < 1.29 is 0 Å². The second kappa shape index (κ2) is 6.04. The summed E-state index contributed by atoms with van der Waals surface area (Å²) < 4.78 is 3.03. The maximum atomic E-state index is 2.28. The number of fused-ring (bicyclic) bond motifs is 3. The molecule has 118 valence electrons. The number of benzene rings is 4.